The average molecular weight is 297 g/mol. The van der Waals surface area contributed by atoms with Crippen LogP contribution in [-0.2, 0) is 6.18 Å². The lowest BCUT2D eigenvalue weighted by atomic mass is 10.0. The van der Waals surface area contributed by atoms with E-state index < -0.39 is 11.7 Å². The number of aromatic nitrogens is 1. The van der Waals surface area contributed by atoms with Crippen LogP contribution in [0.25, 0.3) is 0 Å². The minimum Gasteiger partial charge on any atom is -0.490 e. The van der Waals surface area contributed by atoms with Gasteiger partial charge in [0, 0.05) is 11.7 Å². The van der Waals surface area contributed by atoms with Crippen molar-refractivity contribution in [2.24, 2.45) is 0 Å². The molecule has 0 spiro atoms. The molecule has 2 rings (SSSR count). The summed E-state index contributed by atoms with van der Waals surface area (Å²) in [6.45, 7) is 3.26. The van der Waals surface area contributed by atoms with Gasteiger partial charge in [-0.1, -0.05) is 0 Å². The van der Waals surface area contributed by atoms with E-state index in [4.69, 9.17) is 4.74 Å². The maximum Gasteiger partial charge on any atom is 0.418 e. The third kappa shape index (κ3) is 4.24. The van der Waals surface area contributed by atoms with Crippen LogP contribution in [0.3, 0.4) is 0 Å². The van der Waals surface area contributed by atoms with Gasteiger partial charge >= 0.3 is 6.18 Å². The molecule has 1 aromatic rings. The summed E-state index contributed by atoms with van der Waals surface area (Å²) in [6, 6.07) is 0.977. The number of nitrogens with one attached hydrogen (secondary N) is 1. The number of hydrogen-bond donors (Lipinski definition) is 1. The number of rotatable bonds is 3. The monoisotopic (exact) mass is 296 g/mol. The van der Waals surface area contributed by atoms with Gasteiger partial charge in [-0.25, -0.2) is 0 Å². The molecule has 0 unspecified atom stereocenters. The van der Waals surface area contributed by atoms with Crippen LogP contribution in [0, 0.1) is 0 Å². The van der Waals surface area contributed by atoms with E-state index in [-0.39, 0.29) is 23.7 Å². The molecule has 1 saturated heterocycles. The normalized spacial score (nSPS) is 22.9. The molecule has 0 radical (unpaired) electrons. The van der Waals surface area contributed by atoms with Gasteiger partial charge in [0.05, 0.1) is 11.8 Å². The summed E-state index contributed by atoms with van der Waals surface area (Å²) in [4.78, 5) is 3.55. The lowest BCUT2D eigenvalue weighted by molar-refractivity contribution is -0.137. The van der Waals surface area contributed by atoms with Crippen LogP contribution in [0.15, 0.2) is 18.5 Å². The van der Waals surface area contributed by atoms with Crippen molar-refractivity contribution in [3.05, 3.63) is 24.0 Å². The molecule has 19 heavy (non-hydrogen) atoms. The SMILES string of the molecule is C[C@]1(COc2cncc(C(F)(F)F)c2)CCCN1.Cl. The Bertz CT molecular complexity index is 420. The zero-order valence-corrected chi connectivity index (χ0v) is 11.3. The minimum atomic E-state index is -4.39. The van der Waals surface area contributed by atoms with Crippen molar-refractivity contribution in [3.63, 3.8) is 0 Å². The first-order chi connectivity index (χ1) is 8.39. The van der Waals surface area contributed by atoms with Gasteiger partial charge < -0.3 is 10.1 Å². The topological polar surface area (TPSA) is 34.1 Å². The Labute approximate surface area is 116 Å². The molecule has 1 N–H and O–H groups in total. The van der Waals surface area contributed by atoms with Gasteiger partial charge in [0.1, 0.15) is 12.4 Å². The first-order valence-corrected chi connectivity index (χ1v) is 5.79. The van der Waals surface area contributed by atoms with Crippen molar-refractivity contribution >= 4 is 12.4 Å². The largest absolute Gasteiger partial charge is 0.490 e. The van der Waals surface area contributed by atoms with E-state index in [1.165, 1.54) is 6.20 Å². The fourth-order valence-corrected chi connectivity index (χ4v) is 1.98. The van der Waals surface area contributed by atoms with Gasteiger partial charge in [-0.2, -0.15) is 13.2 Å². The lowest BCUT2D eigenvalue weighted by Gasteiger charge is -2.24. The summed E-state index contributed by atoms with van der Waals surface area (Å²) in [7, 11) is 0. The molecule has 0 saturated carbocycles. The van der Waals surface area contributed by atoms with Gasteiger partial charge in [0.2, 0.25) is 0 Å². The number of ether oxygens (including phenoxy) is 1. The highest BCUT2D eigenvalue weighted by atomic mass is 35.5. The number of halogens is 4. The third-order valence-corrected chi connectivity index (χ3v) is 3.05. The zero-order chi connectivity index (χ0) is 13.2. The van der Waals surface area contributed by atoms with Gasteiger partial charge in [0.15, 0.2) is 0 Å². The van der Waals surface area contributed by atoms with Crippen molar-refractivity contribution in [2.75, 3.05) is 13.2 Å². The Balaban J connectivity index is 0.00000180. The van der Waals surface area contributed by atoms with E-state index in [0.717, 1.165) is 31.6 Å². The molecular formula is C12H16ClF3N2O. The number of alkyl halides is 3. The average Bonchev–Trinajstić information content (AvgIpc) is 2.74. The van der Waals surface area contributed by atoms with Crippen LogP contribution in [0.1, 0.15) is 25.3 Å². The first-order valence-electron chi connectivity index (χ1n) is 5.79. The van der Waals surface area contributed by atoms with Crippen molar-refractivity contribution < 1.29 is 17.9 Å². The fourth-order valence-electron chi connectivity index (χ4n) is 1.98. The number of nitrogens with zero attached hydrogens (tertiary/aromatic N) is 1. The quantitative estimate of drug-likeness (QED) is 0.931. The Morgan fingerprint density at radius 1 is 1.42 bits per heavy atom. The molecule has 108 valence electrons. The van der Waals surface area contributed by atoms with Crippen molar-refractivity contribution in [1.82, 2.24) is 10.3 Å². The molecule has 0 aliphatic carbocycles. The van der Waals surface area contributed by atoms with Crippen LogP contribution < -0.4 is 10.1 Å². The standard InChI is InChI=1S/C12H15F3N2O.ClH/c1-11(3-2-4-17-11)8-18-10-5-9(6-16-7-10)12(13,14)15;/h5-7,17H,2-4,8H2,1H3;1H/t11-;/m1./s1. The van der Waals surface area contributed by atoms with Crippen molar-refractivity contribution in [1.29, 1.82) is 0 Å². The Morgan fingerprint density at radius 3 is 2.74 bits per heavy atom. The summed E-state index contributed by atoms with van der Waals surface area (Å²) in [6.07, 6.45) is -0.280. The Hall–Kier alpha value is -1.01. The Morgan fingerprint density at radius 2 is 2.16 bits per heavy atom. The van der Waals surface area contributed by atoms with E-state index in [1.54, 1.807) is 0 Å². The van der Waals surface area contributed by atoms with Crippen LogP contribution in [-0.4, -0.2) is 23.7 Å². The van der Waals surface area contributed by atoms with E-state index in [2.05, 4.69) is 10.3 Å². The highest BCUT2D eigenvalue weighted by Crippen LogP contribution is 2.30. The Kier molecular flexibility index (Phi) is 5.04. The molecule has 2 heterocycles. The molecule has 0 bridgehead atoms. The molecule has 1 aliphatic heterocycles. The number of hydrogen-bond acceptors (Lipinski definition) is 3. The summed E-state index contributed by atoms with van der Waals surface area (Å²) >= 11 is 0. The summed E-state index contributed by atoms with van der Waals surface area (Å²) in [5, 5.41) is 3.28. The molecule has 7 heteroatoms. The lowest BCUT2D eigenvalue weighted by Crippen LogP contribution is -2.42. The van der Waals surface area contributed by atoms with Crippen LogP contribution >= 0.6 is 12.4 Å². The highest BCUT2D eigenvalue weighted by Gasteiger charge is 2.32. The van der Waals surface area contributed by atoms with Gasteiger partial charge in [-0.15, -0.1) is 12.4 Å². The summed E-state index contributed by atoms with van der Waals surface area (Å²) in [5.41, 5.74) is -0.946. The van der Waals surface area contributed by atoms with E-state index in [1.807, 2.05) is 6.92 Å². The minimum absolute atomic E-state index is 0. The second-order valence-corrected chi connectivity index (χ2v) is 4.79. The third-order valence-electron chi connectivity index (χ3n) is 3.05. The predicted octanol–water partition coefficient (Wildman–Crippen LogP) is 3.04. The molecule has 3 nitrogen and oxygen atoms in total. The fraction of sp³-hybridized carbons (Fsp3) is 0.583. The van der Waals surface area contributed by atoms with E-state index in [9.17, 15) is 13.2 Å². The highest BCUT2D eigenvalue weighted by molar-refractivity contribution is 5.85. The van der Waals surface area contributed by atoms with Crippen molar-refractivity contribution in [3.8, 4) is 5.75 Å². The maximum absolute atomic E-state index is 12.5. The van der Waals surface area contributed by atoms with Crippen molar-refractivity contribution in [2.45, 2.75) is 31.5 Å². The molecule has 1 fully saturated rings. The van der Waals surface area contributed by atoms with Crippen LogP contribution in [0.2, 0.25) is 0 Å². The molecule has 1 aromatic heterocycles. The molecule has 1 atom stereocenters. The number of pyridine rings is 1. The summed E-state index contributed by atoms with van der Waals surface area (Å²) in [5.74, 6) is 0.153. The molecular weight excluding hydrogens is 281 g/mol. The van der Waals surface area contributed by atoms with Gasteiger partial charge in [-0.3, -0.25) is 4.98 Å². The van der Waals surface area contributed by atoms with Crippen LogP contribution in [0.5, 0.6) is 5.75 Å². The van der Waals surface area contributed by atoms with Gasteiger partial charge in [-0.05, 0) is 32.4 Å². The van der Waals surface area contributed by atoms with Gasteiger partial charge in [0.25, 0.3) is 0 Å². The molecule has 1 aliphatic rings. The first kappa shape index (κ1) is 16.0. The molecule has 0 amide bonds. The molecule has 0 aromatic carbocycles. The van der Waals surface area contributed by atoms with E-state index in [0.29, 0.717) is 6.61 Å². The zero-order valence-electron chi connectivity index (χ0n) is 10.5. The van der Waals surface area contributed by atoms with E-state index >= 15 is 0 Å². The van der Waals surface area contributed by atoms with Crippen LogP contribution in [0.4, 0.5) is 13.2 Å². The predicted molar refractivity (Wildman–Crippen MR) is 67.6 cm³/mol. The maximum atomic E-state index is 12.5. The summed E-state index contributed by atoms with van der Waals surface area (Å²) < 4.78 is 42.8. The smallest absolute Gasteiger partial charge is 0.418 e. The second-order valence-electron chi connectivity index (χ2n) is 4.79. The second kappa shape index (κ2) is 5.96.